The Morgan fingerprint density at radius 2 is 1.76 bits per heavy atom. The molecule has 2 aliphatic rings. The van der Waals surface area contributed by atoms with E-state index in [1.165, 1.54) is 23.2 Å². The van der Waals surface area contributed by atoms with Crippen LogP contribution in [0.15, 0.2) is 89.5 Å². The summed E-state index contributed by atoms with van der Waals surface area (Å²) in [5.41, 5.74) is 3.97. The molecule has 7 heteroatoms. The van der Waals surface area contributed by atoms with Gasteiger partial charge in [-0.05, 0) is 48.1 Å². The molecule has 170 valence electrons. The Kier molecular flexibility index (Phi) is 5.99. The van der Waals surface area contributed by atoms with E-state index in [0.29, 0.717) is 0 Å². The van der Waals surface area contributed by atoms with Gasteiger partial charge in [-0.15, -0.1) is 0 Å². The van der Waals surface area contributed by atoms with Crippen molar-refractivity contribution in [3.05, 3.63) is 116 Å². The molecule has 0 saturated heterocycles. The molecule has 2 atom stereocenters. The van der Waals surface area contributed by atoms with E-state index >= 15 is 0 Å². The lowest BCUT2D eigenvalue weighted by molar-refractivity contribution is -0.384. The molecule has 34 heavy (non-hydrogen) atoms. The minimum Gasteiger partial charge on any atom is -0.267 e. The van der Waals surface area contributed by atoms with Crippen LogP contribution in [0.3, 0.4) is 0 Å². The number of carbonyl (C=O) groups is 1. The van der Waals surface area contributed by atoms with Crippen LogP contribution in [0.4, 0.5) is 5.69 Å². The lowest BCUT2D eigenvalue weighted by Crippen LogP contribution is -2.32. The van der Waals surface area contributed by atoms with Crippen molar-refractivity contribution in [3.63, 3.8) is 0 Å². The zero-order chi connectivity index (χ0) is 23.7. The van der Waals surface area contributed by atoms with Crippen molar-refractivity contribution in [1.29, 1.82) is 0 Å². The first-order chi connectivity index (χ1) is 16.5. The van der Waals surface area contributed by atoms with Crippen LogP contribution in [-0.4, -0.2) is 21.6 Å². The number of halogens is 1. The smallest absolute Gasteiger partial charge is 0.267 e. The van der Waals surface area contributed by atoms with Crippen molar-refractivity contribution in [2.75, 3.05) is 0 Å². The maximum Gasteiger partial charge on any atom is 0.276 e. The number of allylic oxidation sites excluding steroid dienone is 1. The van der Waals surface area contributed by atoms with E-state index in [0.717, 1.165) is 41.7 Å². The quantitative estimate of drug-likeness (QED) is 0.314. The summed E-state index contributed by atoms with van der Waals surface area (Å²) in [6.45, 7) is 0. The summed E-state index contributed by atoms with van der Waals surface area (Å²) in [6, 6.07) is 23.5. The van der Waals surface area contributed by atoms with Gasteiger partial charge in [0.2, 0.25) is 0 Å². The lowest BCUT2D eigenvalue weighted by atomic mass is 9.77. The van der Waals surface area contributed by atoms with Crippen LogP contribution in [0.1, 0.15) is 46.8 Å². The Bertz CT molecular complexity index is 1310. The fourth-order valence-electron chi connectivity index (χ4n) is 4.82. The van der Waals surface area contributed by atoms with E-state index in [1.807, 2.05) is 60.7 Å². The van der Waals surface area contributed by atoms with Crippen LogP contribution >= 0.6 is 11.6 Å². The lowest BCUT2D eigenvalue weighted by Gasteiger charge is -2.29. The second-order valence-corrected chi connectivity index (χ2v) is 8.90. The Balaban J connectivity index is 1.60. The summed E-state index contributed by atoms with van der Waals surface area (Å²) in [7, 11) is 0. The number of fused-ring (bicyclic) bond motifs is 1. The molecule has 3 aromatic rings. The highest BCUT2D eigenvalue weighted by molar-refractivity contribution is 6.34. The second-order valence-electron chi connectivity index (χ2n) is 8.49. The number of carbonyl (C=O) groups excluding carboxylic acids is 1. The Hall–Kier alpha value is -3.77. The molecule has 0 radical (unpaired) electrons. The summed E-state index contributed by atoms with van der Waals surface area (Å²) in [6.07, 6.45) is 4.91. The summed E-state index contributed by atoms with van der Waals surface area (Å²) in [4.78, 5) is 24.5. The molecule has 6 nitrogen and oxygen atoms in total. The average Bonchev–Trinajstić information content (AvgIpc) is 3.26. The molecule has 1 saturated carbocycles. The molecule has 1 aliphatic heterocycles. The fraction of sp³-hybridized carbons (Fsp3) is 0.185. The van der Waals surface area contributed by atoms with Crippen molar-refractivity contribution in [2.24, 2.45) is 11.0 Å². The van der Waals surface area contributed by atoms with Gasteiger partial charge in [-0.25, -0.2) is 5.01 Å². The first kappa shape index (κ1) is 22.0. The number of hydrogen-bond donors (Lipinski definition) is 0. The molecular formula is C27H22ClN3O3. The highest BCUT2D eigenvalue weighted by Gasteiger charge is 2.44. The maximum absolute atomic E-state index is 13.7. The first-order valence-electron chi connectivity index (χ1n) is 11.2. The predicted octanol–water partition coefficient (Wildman–Crippen LogP) is 6.69. The largest absolute Gasteiger partial charge is 0.276 e. The third kappa shape index (κ3) is 4.13. The van der Waals surface area contributed by atoms with Gasteiger partial charge in [0.1, 0.15) is 0 Å². The van der Waals surface area contributed by atoms with Gasteiger partial charge in [-0.1, -0.05) is 72.3 Å². The van der Waals surface area contributed by atoms with Crippen LogP contribution in [0.2, 0.25) is 5.02 Å². The number of hydrazone groups is 1. The van der Waals surface area contributed by atoms with E-state index in [4.69, 9.17) is 16.7 Å². The van der Waals surface area contributed by atoms with Crippen LogP contribution in [0.25, 0.3) is 6.08 Å². The monoisotopic (exact) mass is 471 g/mol. The standard InChI is InChI=1S/C27H22ClN3O3/c28-24-15-14-21(31(33)34)17-23(24)27(32)30-26(19-10-5-2-6-11-19)22-13-7-12-20(25(22)29-30)16-18-8-3-1-4-9-18/h1-6,8-11,14-17,22,26H,7,12-13H2. The summed E-state index contributed by atoms with van der Waals surface area (Å²) in [5.74, 6) is -0.406. The molecule has 2 unspecified atom stereocenters. The van der Waals surface area contributed by atoms with Crippen molar-refractivity contribution in [3.8, 4) is 0 Å². The number of nitro benzene ring substituents is 1. The van der Waals surface area contributed by atoms with Gasteiger partial charge in [0.05, 0.1) is 27.3 Å². The minimum absolute atomic E-state index is 0.0348. The van der Waals surface area contributed by atoms with E-state index in [2.05, 4.69) is 6.08 Å². The Labute approximate surface area is 202 Å². The Morgan fingerprint density at radius 3 is 2.47 bits per heavy atom. The predicted molar refractivity (Wildman–Crippen MR) is 133 cm³/mol. The number of nitrogens with zero attached hydrogens (tertiary/aromatic N) is 3. The van der Waals surface area contributed by atoms with E-state index in [9.17, 15) is 14.9 Å². The number of nitro groups is 1. The molecule has 1 heterocycles. The van der Waals surface area contributed by atoms with Gasteiger partial charge in [0.15, 0.2) is 0 Å². The van der Waals surface area contributed by atoms with Gasteiger partial charge in [-0.2, -0.15) is 5.10 Å². The van der Waals surface area contributed by atoms with Gasteiger partial charge in [0, 0.05) is 18.1 Å². The highest BCUT2D eigenvalue weighted by Crippen LogP contribution is 2.45. The Morgan fingerprint density at radius 1 is 1.06 bits per heavy atom. The van der Waals surface area contributed by atoms with E-state index in [1.54, 1.807) is 0 Å². The maximum atomic E-state index is 13.7. The molecule has 0 N–H and O–H groups in total. The molecule has 1 aliphatic carbocycles. The summed E-state index contributed by atoms with van der Waals surface area (Å²) < 4.78 is 0. The van der Waals surface area contributed by atoms with Gasteiger partial charge >= 0.3 is 0 Å². The van der Waals surface area contributed by atoms with Crippen molar-refractivity contribution >= 4 is 35.0 Å². The topological polar surface area (TPSA) is 75.8 Å². The molecule has 0 aromatic heterocycles. The van der Waals surface area contributed by atoms with Crippen LogP contribution < -0.4 is 0 Å². The van der Waals surface area contributed by atoms with Gasteiger partial charge < -0.3 is 0 Å². The molecule has 1 amide bonds. The SMILES string of the molecule is O=C(c1cc([N+](=O)[O-])ccc1Cl)N1N=C2C(=Cc3ccccc3)CCCC2C1c1ccccc1. The number of non-ortho nitro benzene ring substituents is 1. The van der Waals surface area contributed by atoms with Crippen molar-refractivity contribution in [1.82, 2.24) is 5.01 Å². The number of amides is 1. The minimum atomic E-state index is -0.530. The highest BCUT2D eigenvalue weighted by atomic mass is 35.5. The van der Waals surface area contributed by atoms with Crippen molar-refractivity contribution < 1.29 is 9.72 Å². The van der Waals surface area contributed by atoms with Crippen LogP contribution in [0.5, 0.6) is 0 Å². The zero-order valence-electron chi connectivity index (χ0n) is 18.3. The number of benzene rings is 3. The molecular weight excluding hydrogens is 450 g/mol. The summed E-state index contributed by atoms with van der Waals surface area (Å²) >= 11 is 6.33. The van der Waals surface area contributed by atoms with Crippen LogP contribution in [0, 0.1) is 16.0 Å². The third-order valence-electron chi connectivity index (χ3n) is 6.38. The molecule has 3 aromatic carbocycles. The molecule has 0 spiro atoms. The molecule has 5 rings (SSSR count). The van der Waals surface area contributed by atoms with Crippen molar-refractivity contribution in [2.45, 2.75) is 25.3 Å². The van der Waals surface area contributed by atoms with E-state index < -0.39 is 10.8 Å². The molecule has 1 fully saturated rings. The normalized spacial score (nSPS) is 20.7. The molecule has 0 bridgehead atoms. The van der Waals surface area contributed by atoms with E-state index in [-0.39, 0.29) is 28.2 Å². The zero-order valence-corrected chi connectivity index (χ0v) is 19.1. The number of hydrogen-bond acceptors (Lipinski definition) is 4. The first-order valence-corrected chi connectivity index (χ1v) is 11.6. The summed E-state index contributed by atoms with van der Waals surface area (Å²) in [5, 5.41) is 17.8. The van der Waals surface area contributed by atoms with Gasteiger partial charge in [-0.3, -0.25) is 14.9 Å². The average molecular weight is 472 g/mol. The van der Waals surface area contributed by atoms with Crippen LogP contribution in [-0.2, 0) is 0 Å². The second kappa shape index (κ2) is 9.23. The fourth-order valence-corrected chi connectivity index (χ4v) is 5.01. The van der Waals surface area contributed by atoms with Gasteiger partial charge in [0.25, 0.3) is 11.6 Å². The number of rotatable bonds is 4. The third-order valence-corrected chi connectivity index (χ3v) is 6.71.